The predicted molar refractivity (Wildman–Crippen MR) is 88.6 cm³/mol. The summed E-state index contributed by atoms with van der Waals surface area (Å²) in [5.41, 5.74) is -0.119. The van der Waals surface area contributed by atoms with Crippen LogP contribution in [0.25, 0.3) is 11.0 Å². The van der Waals surface area contributed by atoms with E-state index in [0.717, 1.165) is 31.4 Å². The molecule has 0 radical (unpaired) electrons. The summed E-state index contributed by atoms with van der Waals surface area (Å²) in [6.45, 7) is 1.97. The first-order valence-corrected chi connectivity index (χ1v) is 8.71. The first-order chi connectivity index (χ1) is 11.3. The summed E-state index contributed by atoms with van der Waals surface area (Å²) in [4.78, 5) is 24.2. The lowest BCUT2D eigenvalue weighted by atomic mass is 10.2. The van der Waals surface area contributed by atoms with Gasteiger partial charge in [0.15, 0.2) is 5.65 Å². The number of benzene rings is 1. The van der Waals surface area contributed by atoms with Crippen molar-refractivity contribution in [3.63, 3.8) is 0 Å². The van der Waals surface area contributed by atoms with Crippen molar-refractivity contribution in [2.24, 2.45) is 14.1 Å². The van der Waals surface area contributed by atoms with Crippen LogP contribution in [-0.2, 0) is 30.5 Å². The summed E-state index contributed by atoms with van der Waals surface area (Å²) in [5, 5.41) is 4.01. The molecule has 24 heavy (non-hydrogen) atoms. The van der Waals surface area contributed by atoms with E-state index >= 15 is 0 Å². The lowest BCUT2D eigenvalue weighted by Gasteiger charge is -2.04. The van der Waals surface area contributed by atoms with Gasteiger partial charge < -0.3 is 0 Å². The van der Waals surface area contributed by atoms with Crippen LogP contribution >= 0.6 is 0 Å². The third-order valence-electron chi connectivity index (χ3n) is 3.98. The second-order valence-corrected chi connectivity index (χ2v) is 7.24. The van der Waals surface area contributed by atoms with Crippen LogP contribution in [0.3, 0.4) is 0 Å². The van der Waals surface area contributed by atoms with Gasteiger partial charge in [0.25, 0.3) is 15.6 Å². The number of aromatic nitrogens is 4. The molecule has 1 aromatic carbocycles. The van der Waals surface area contributed by atoms with Gasteiger partial charge in [0.2, 0.25) is 0 Å². The van der Waals surface area contributed by atoms with Crippen molar-refractivity contribution >= 4 is 21.1 Å². The molecule has 0 unspecified atom stereocenters. The normalized spacial score (nSPS) is 12.0. The van der Waals surface area contributed by atoms with Gasteiger partial charge in [0, 0.05) is 14.1 Å². The van der Waals surface area contributed by atoms with E-state index in [1.807, 2.05) is 6.92 Å². The Morgan fingerprint density at radius 1 is 1.04 bits per heavy atom. The summed E-state index contributed by atoms with van der Waals surface area (Å²) in [6.07, 6.45) is 1.93. The van der Waals surface area contributed by atoms with Crippen LogP contribution in [0.1, 0.15) is 12.5 Å². The molecule has 0 amide bonds. The minimum atomic E-state index is -3.94. The van der Waals surface area contributed by atoms with E-state index in [0.29, 0.717) is 0 Å². The molecule has 0 saturated carbocycles. The third-order valence-corrected chi connectivity index (χ3v) is 5.52. The second kappa shape index (κ2) is 5.45. The van der Waals surface area contributed by atoms with E-state index in [1.165, 1.54) is 26.2 Å². The lowest BCUT2D eigenvalue weighted by molar-refractivity contribution is 0.580. The minimum Gasteiger partial charge on any atom is -0.279 e. The molecule has 0 spiro atoms. The van der Waals surface area contributed by atoms with Gasteiger partial charge in [0.1, 0.15) is 5.39 Å². The van der Waals surface area contributed by atoms with Gasteiger partial charge in [0.05, 0.1) is 11.1 Å². The summed E-state index contributed by atoms with van der Waals surface area (Å²) in [6, 6.07) is 6.45. The van der Waals surface area contributed by atoms with Gasteiger partial charge in [-0.25, -0.2) is 4.79 Å². The van der Waals surface area contributed by atoms with Crippen molar-refractivity contribution < 1.29 is 8.42 Å². The van der Waals surface area contributed by atoms with Crippen LogP contribution in [0.4, 0.5) is 0 Å². The van der Waals surface area contributed by atoms with E-state index < -0.39 is 21.3 Å². The highest BCUT2D eigenvalue weighted by Gasteiger charge is 2.21. The van der Waals surface area contributed by atoms with Crippen molar-refractivity contribution in [3.05, 3.63) is 56.9 Å². The smallest absolute Gasteiger partial charge is 0.279 e. The van der Waals surface area contributed by atoms with Gasteiger partial charge in [-0.15, -0.1) is 5.10 Å². The molecule has 9 heteroatoms. The van der Waals surface area contributed by atoms with E-state index in [1.54, 1.807) is 12.1 Å². The SMILES string of the molecule is CCc1ccc(S(=O)(=O)n2cc3c(=O)n(C)c(=O)n(C)c3n2)cc1. The van der Waals surface area contributed by atoms with Gasteiger partial charge >= 0.3 is 5.69 Å². The maximum Gasteiger partial charge on any atom is 0.332 e. The van der Waals surface area contributed by atoms with E-state index in [4.69, 9.17) is 0 Å². The Balaban J connectivity index is 2.25. The Bertz CT molecular complexity index is 1150. The quantitative estimate of drug-likeness (QED) is 0.675. The van der Waals surface area contributed by atoms with E-state index in [-0.39, 0.29) is 15.9 Å². The molecule has 0 aliphatic heterocycles. The third kappa shape index (κ3) is 2.28. The molecule has 0 N–H and O–H groups in total. The zero-order valence-electron chi connectivity index (χ0n) is 13.4. The standard InChI is InChI=1S/C15H16N4O4S/c1-4-10-5-7-11(8-6-10)24(22,23)19-9-12-13(16-19)17(2)15(21)18(3)14(12)20/h5-9H,4H2,1-3H3. The van der Waals surface area contributed by atoms with Gasteiger partial charge in [-0.2, -0.15) is 12.5 Å². The summed E-state index contributed by atoms with van der Waals surface area (Å²) < 4.78 is 28.2. The first kappa shape index (κ1) is 16.2. The summed E-state index contributed by atoms with van der Waals surface area (Å²) in [5.74, 6) is 0. The number of fused-ring (bicyclic) bond motifs is 1. The maximum absolute atomic E-state index is 12.7. The molecule has 0 aliphatic carbocycles. The first-order valence-electron chi connectivity index (χ1n) is 7.27. The van der Waals surface area contributed by atoms with Crippen molar-refractivity contribution in [2.75, 3.05) is 0 Å². The van der Waals surface area contributed by atoms with Crippen LogP contribution in [0.2, 0.25) is 0 Å². The number of nitrogens with zero attached hydrogens (tertiary/aromatic N) is 4. The average molecular weight is 348 g/mol. The molecule has 0 saturated heterocycles. The number of rotatable bonds is 3. The monoisotopic (exact) mass is 348 g/mol. The van der Waals surface area contributed by atoms with Crippen molar-refractivity contribution in [1.82, 2.24) is 18.3 Å². The maximum atomic E-state index is 12.7. The predicted octanol–water partition coefficient (Wildman–Crippen LogP) is 0.233. The fraction of sp³-hybridized carbons (Fsp3) is 0.267. The van der Waals surface area contributed by atoms with Crippen molar-refractivity contribution in [3.8, 4) is 0 Å². The molecule has 3 aromatic rings. The van der Waals surface area contributed by atoms with Gasteiger partial charge in [-0.05, 0) is 24.1 Å². The van der Waals surface area contributed by atoms with Crippen LogP contribution in [0.5, 0.6) is 0 Å². The van der Waals surface area contributed by atoms with Crippen LogP contribution in [0.15, 0.2) is 44.9 Å². The Hall–Kier alpha value is -2.68. The highest BCUT2D eigenvalue weighted by molar-refractivity contribution is 7.89. The Morgan fingerprint density at radius 2 is 1.67 bits per heavy atom. The Morgan fingerprint density at radius 3 is 2.25 bits per heavy atom. The summed E-state index contributed by atoms with van der Waals surface area (Å²) in [7, 11) is -1.18. The fourth-order valence-corrected chi connectivity index (χ4v) is 3.58. The number of hydrogen-bond acceptors (Lipinski definition) is 5. The van der Waals surface area contributed by atoms with Crippen LogP contribution in [0, 0.1) is 0 Å². The van der Waals surface area contributed by atoms with E-state index in [2.05, 4.69) is 5.10 Å². The Kier molecular flexibility index (Phi) is 3.67. The van der Waals surface area contributed by atoms with Crippen LogP contribution < -0.4 is 11.2 Å². The molecule has 0 bridgehead atoms. The fourth-order valence-electron chi connectivity index (χ4n) is 2.45. The van der Waals surface area contributed by atoms with Crippen molar-refractivity contribution in [1.29, 1.82) is 0 Å². The number of hydrogen-bond donors (Lipinski definition) is 0. The molecule has 126 valence electrons. The van der Waals surface area contributed by atoms with Gasteiger partial charge in [-0.1, -0.05) is 19.1 Å². The van der Waals surface area contributed by atoms with Gasteiger partial charge in [-0.3, -0.25) is 13.9 Å². The van der Waals surface area contributed by atoms with Crippen LogP contribution in [-0.4, -0.2) is 26.7 Å². The molecule has 0 fully saturated rings. The molecule has 8 nitrogen and oxygen atoms in total. The molecule has 0 aliphatic rings. The van der Waals surface area contributed by atoms with Crippen molar-refractivity contribution in [2.45, 2.75) is 18.2 Å². The summed E-state index contributed by atoms with van der Waals surface area (Å²) >= 11 is 0. The highest BCUT2D eigenvalue weighted by atomic mass is 32.2. The lowest BCUT2D eigenvalue weighted by Crippen LogP contribution is -2.36. The highest BCUT2D eigenvalue weighted by Crippen LogP contribution is 2.16. The largest absolute Gasteiger partial charge is 0.332 e. The Labute approximate surface area is 137 Å². The average Bonchev–Trinajstić information content (AvgIpc) is 3.04. The zero-order valence-corrected chi connectivity index (χ0v) is 14.2. The van der Waals surface area contributed by atoms with E-state index in [9.17, 15) is 18.0 Å². The molecule has 2 heterocycles. The molecular weight excluding hydrogens is 332 g/mol. The zero-order chi connectivity index (χ0) is 17.6. The minimum absolute atomic E-state index is 0.0249. The topological polar surface area (TPSA) is 96.0 Å². The second-order valence-electron chi connectivity index (χ2n) is 5.45. The molecule has 2 aromatic heterocycles. The molecule has 3 rings (SSSR count). The molecule has 0 atom stereocenters. The number of aryl methyl sites for hydroxylation is 2. The molecular formula is C15H16N4O4S.